The minimum absolute atomic E-state index is 0.0285. The molecule has 0 bridgehead atoms. The summed E-state index contributed by atoms with van der Waals surface area (Å²) in [6, 6.07) is 5.03. The zero-order chi connectivity index (χ0) is 24.1. The number of benzene rings is 1. The maximum absolute atomic E-state index is 12.7. The van der Waals surface area contributed by atoms with Crippen molar-refractivity contribution in [3.63, 3.8) is 0 Å². The third-order valence-electron chi connectivity index (χ3n) is 5.22. The Morgan fingerprint density at radius 1 is 1.25 bits per heavy atom. The highest BCUT2D eigenvalue weighted by Crippen LogP contribution is 2.23. The summed E-state index contributed by atoms with van der Waals surface area (Å²) in [5, 5.41) is 3.43. The first-order valence-corrected chi connectivity index (χ1v) is 11.1. The molecule has 2 rings (SSSR count). The predicted octanol–water partition coefficient (Wildman–Crippen LogP) is 1.78. The number of ketones is 1. The van der Waals surface area contributed by atoms with E-state index in [0.717, 1.165) is 11.1 Å². The molecule has 9 heteroatoms. The second-order valence-electron chi connectivity index (χ2n) is 8.96. The van der Waals surface area contributed by atoms with E-state index in [4.69, 9.17) is 22.1 Å². The number of carbonyl (C=O) groups is 4. The molecule has 1 aromatic carbocycles. The molecule has 1 aromatic rings. The van der Waals surface area contributed by atoms with Gasteiger partial charge in [-0.2, -0.15) is 0 Å². The van der Waals surface area contributed by atoms with E-state index in [0.29, 0.717) is 24.4 Å². The molecule has 2 amide bonds. The van der Waals surface area contributed by atoms with Gasteiger partial charge < -0.3 is 20.7 Å². The van der Waals surface area contributed by atoms with Crippen LogP contribution in [0.3, 0.4) is 0 Å². The minimum atomic E-state index is -1.18. The molecule has 32 heavy (non-hydrogen) atoms. The lowest BCUT2D eigenvalue weighted by Gasteiger charge is -2.26. The fourth-order valence-electron chi connectivity index (χ4n) is 3.61. The topological polar surface area (TPSA) is 119 Å². The number of nitrogens with one attached hydrogen (secondary N) is 1. The van der Waals surface area contributed by atoms with E-state index in [1.807, 2.05) is 25.1 Å². The first-order valence-electron chi connectivity index (χ1n) is 10.7. The summed E-state index contributed by atoms with van der Waals surface area (Å²) in [5.41, 5.74) is 7.18. The fourth-order valence-corrected chi connectivity index (χ4v) is 3.82. The van der Waals surface area contributed by atoms with Crippen molar-refractivity contribution < 1.29 is 23.9 Å². The summed E-state index contributed by atoms with van der Waals surface area (Å²) in [5.74, 6) is -3.79. The van der Waals surface area contributed by atoms with Crippen LogP contribution in [0.5, 0.6) is 0 Å². The van der Waals surface area contributed by atoms with E-state index < -0.39 is 41.1 Å². The lowest BCUT2D eigenvalue weighted by molar-refractivity contribution is -0.155. The first-order chi connectivity index (χ1) is 14.9. The summed E-state index contributed by atoms with van der Waals surface area (Å²) in [6.45, 7) is 7.41. The van der Waals surface area contributed by atoms with Crippen molar-refractivity contribution in [1.82, 2.24) is 10.2 Å². The molecule has 0 saturated carbocycles. The van der Waals surface area contributed by atoms with Crippen LogP contribution in [0.1, 0.15) is 44.7 Å². The zero-order valence-electron chi connectivity index (χ0n) is 19.1. The molecule has 1 fully saturated rings. The van der Waals surface area contributed by atoms with Crippen molar-refractivity contribution >= 4 is 35.2 Å². The van der Waals surface area contributed by atoms with Gasteiger partial charge in [0.15, 0.2) is 0 Å². The number of rotatable bonds is 9. The van der Waals surface area contributed by atoms with Crippen molar-refractivity contribution in [3.05, 3.63) is 34.3 Å². The van der Waals surface area contributed by atoms with Gasteiger partial charge in [0.25, 0.3) is 5.91 Å². The number of nitrogens with zero attached hydrogens (tertiary/aromatic N) is 1. The molecular weight excluding hydrogens is 434 g/mol. The number of Topliss-reactive ketones (excluding diaryl/α,β-unsaturated/α-hetero) is 1. The normalized spacial score (nSPS) is 18.8. The molecule has 0 aliphatic carbocycles. The van der Waals surface area contributed by atoms with E-state index >= 15 is 0 Å². The second kappa shape index (κ2) is 10.9. The molecule has 3 N–H and O–H groups in total. The van der Waals surface area contributed by atoms with Crippen LogP contribution >= 0.6 is 11.6 Å². The highest BCUT2D eigenvalue weighted by atomic mass is 35.5. The van der Waals surface area contributed by atoms with Gasteiger partial charge in [-0.05, 0) is 57.7 Å². The van der Waals surface area contributed by atoms with Crippen LogP contribution in [0.2, 0.25) is 5.02 Å². The Morgan fingerprint density at radius 3 is 2.53 bits per heavy atom. The molecule has 8 nitrogen and oxygen atoms in total. The predicted molar refractivity (Wildman–Crippen MR) is 121 cm³/mol. The van der Waals surface area contributed by atoms with E-state index in [2.05, 4.69) is 5.32 Å². The average Bonchev–Trinajstić information content (AvgIpc) is 2.94. The Balaban J connectivity index is 1.90. The Kier molecular flexibility index (Phi) is 8.81. The summed E-state index contributed by atoms with van der Waals surface area (Å²) in [4.78, 5) is 50.8. The maximum atomic E-state index is 12.7. The van der Waals surface area contributed by atoms with E-state index in [1.54, 1.807) is 20.8 Å². The number of likely N-dealkylation sites (tertiary alicyclic amines) is 1. The van der Waals surface area contributed by atoms with Gasteiger partial charge in [0.05, 0.1) is 12.5 Å². The van der Waals surface area contributed by atoms with Crippen molar-refractivity contribution in [2.75, 3.05) is 19.6 Å². The van der Waals surface area contributed by atoms with Gasteiger partial charge in [-0.25, -0.2) is 0 Å². The van der Waals surface area contributed by atoms with Crippen LogP contribution in [0.4, 0.5) is 0 Å². The number of amides is 2. The smallest absolute Gasteiger partial charge is 0.308 e. The summed E-state index contributed by atoms with van der Waals surface area (Å²) in [6.07, 6.45) is 1.27. The summed E-state index contributed by atoms with van der Waals surface area (Å²) < 4.78 is 5.24. The molecule has 176 valence electrons. The molecule has 0 aromatic heterocycles. The number of nitrogens with two attached hydrogens (primary N) is 1. The van der Waals surface area contributed by atoms with E-state index in [9.17, 15) is 19.2 Å². The van der Waals surface area contributed by atoms with E-state index in [-0.39, 0.29) is 19.5 Å². The molecule has 1 heterocycles. The SMILES string of the molecule is Cc1ccc(CCCNC(=O)C2C(=O)C(=O)N(CCC(=O)OC(C)(C)C)C2CN)cc1Cl. The van der Waals surface area contributed by atoms with Gasteiger partial charge >= 0.3 is 5.97 Å². The van der Waals surface area contributed by atoms with Crippen molar-refractivity contribution in [2.45, 2.75) is 58.6 Å². The van der Waals surface area contributed by atoms with Gasteiger partial charge in [0.2, 0.25) is 11.7 Å². The molecule has 1 aliphatic rings. The highest BCUT2D eigenvalue weighted by Gasteiger charge is 2.50. The summed E-state index contributed by atoms with van der Waals surface area (Å²) in [7, 11) is 0. The van der Waals surface area contributed by atoms with Gasteiger partial charge in [0.1, 0.15) is 11.5 Å². The molecule has 1 aliphatic heterocycles. The molecule has 2 atom stereocenters. The monoisotopic (exact) mass is 465 g/mol. The number of esters is 1. The Morgan fingerprint density at radius 2 is 1.94 bits per heavy atom. The van der Waals surface area contributed by atoms with Crippen LogP contribution in [0.25, 0.3) is 0 Å². The quantitative estimate of drug-likeness (QED) is 0.248. The third-order valence-corrected chi connectivity index (χ3v) is 5.62. The van der Waals surface area contributed by atoms with Crippen LogP contribution in [0.15, 0.2) is 18.2 Å². The number of hydrogen-bond donors (Lipinski definition) is 2. The van der Waals surface area contributed by atoms with Crippen molar-refractivity contribution in [1.29, 1.82) is 0 Å². The van der Waals surface area contributed by atoms with Gasteiger partial charge in [0, 0.05) is 24.7 Å². The lowest BCUT2D eigenvalue weighted by Crippen LogP contribution is -2.46. The lowest BCUT2D eigenvalue weighted by atomic mass is 9.98. The maximum Gasteiger partial charge on any atom is 0.308 e. The first kappa shape index (κ1) is 25.8. The highest BCUT2D eigenvalue weighted by molar-refractivity contribution is 6.42. The average molecular weight is 466 g/mol. The second-order valence-corrected chi connectivity index (χ2v) is 9.37. The van der Waals surface area contributed by atoms with Crippen molar-refractivity contribution in [2.24, 2.45) is 11.7 Å². The van der Waals surface area contributed by atoms with Gasteiger partial charge in [-0.15, -0.1) is 0 Å². The Labute approximate surface area is 193 Å². The molecule has 0 spiro atoms. The standard InChI is InChI=1S/C23H32ClN3O5/c1-14-7-8-15(12-16(14)24)6-5-10-26-21(30)19-17(13-25)27(22(31)20(19)29)11-9-18(28)32-23(2,3)4/h7-8,12,17,19H,5-6,9-11,13,25H2,1-4H3,(H,26,30). The summed E-state index contributed by atoms with van der Waals surface area (Å²) >= 11 is 6.13. The minimum Gasteiger partial charge on any atom is -0.460 e. The molecule has 0 radical (unpaired) electrons. The van der Waals surface area contributed by atoms with Crippen LogP contribution < -0.4 is 11.1 Å². The van der Waals surface area contributed by atoms with Crippen LogP contribution in [-0.2, 0) is 30.3 Å². The van der Waals surface area contributed by atoms with Crippen LogP contribution in [-0.4, -0.2) is 59.7 Å². The van der Waals surface area contributed by atoms with Gasteiger partial charge in [-0.3, -0.25) is 19.2 Å². The number of aryl methyl sites for hydroxylation is 2. The fraction of sp³-hybridized carbons (Fsp3) is 0.565. The molecular formula is C23H32ClN3O5. The third kappa shape index (κ3) is 6.77. The molecule has 1 saturated heterocycles. The zero-order valence-corrected chi connectivity index (χ0v) is 19.8. The molecule has 2 unspecified atom stereocenters. The van der Waals surface area contributed by atoms with Crippen molar-refractivity contribution in [3.8, 4) is 0 Å². The number of halogens is 1. The number of ether oxygens (including phenoxy) is 1. The van der Waals surface area contributed by atoms with Crippen LogP contribution in [0, 0.1) is 12.8 Å². The largest absolute Gasteiger partial charge is 0.460 e. The number of hydrogen-bond acceptors (Lipinski definition) is 6. The number of carbonyl (C=O) groups excluding carboxylic acids is 4. The Hall–Kier alpha value is -2.45. The van der Waals surface area contributed by atoms with Gasteiger partial charge in [-0.1, -0.05) is 23.7 Å². The Bertz CT molecular complexity index is 881. The van der Waals surface area contributed by atoms with E-state index in [1.165, 1.54) is 4.90 Å².